The van der Waals surface area contributed by atoms with Gasteiger partial charge in [0.25, 0.3) is 0 Å². The summed E-state index contributed by atoms with van der Waals surface area (Å²) >= 11 is 0. The molecule has 0 heterocycles. The quantitative estimate of drug-likeness (QED) is 0.502. The average molecular weight is 365 g/mol. The van der Waals surface area contributed by atoms with Crippen LogP contribution in [-0.2, 0) is 11.2 Å². The molecule has 0 fully saturated rings. The van der Waals surface area contributed by atoms with E-state index in [4.69, 9.17) is 11.2 Å². The topological polar surface area (TPSA) is 58.6 Å². The Balaban J connectivity index is 2.02. The summed E-state index contributed by atoms with van der Waals surface area (Å²) in [5, 5.41) is 13.3. The molecule has 0 saturated heterocycles. The van der Waals surface area contributed by atoms with Gasteiger partial charge in [-0.25, -0.2) is 0 Å². The van der Waals surface area contributed by atoms with Gasteiger partial charge in [-0.3, -0.25) is 10.1 Å². The summed E-state index contributed by atoms with van der Waals surface area (Å²) in [7, 11) is 0. The fourth-order valence-corrected chi connectivity index (χ4v) is 2.55. The first kappa shape index (κ1) is 20.9. The summed E-state index contributed by atoms with van der Waals surface area (Å²) in [6.45, 7) is 4.05. The lowest BCUT2D eigenvalue weighted by atomic mass is 10.00. The standard InChI is InChI=1S/C23H27NO3/c1-4-23(2,3)24-16-20(25)17-27-21(15-18-11-7-5-8-12-18)22(26)19-13-9-6-10-14-19/h1,5-14,20-21,24-25H,15-17H2,2-3H3. The Hall–Kier alpha value is -2.45. The maximum absolute atomic E-state index is 12.9. The zero-order valence-corrected chi connectivity index (χ0v) is 15.9. The molecule has 0 amide bonds. The van der Waals surface area contributed by atoms with Crippen LogP contribution in [0.25, 0.3) is 0 Å². The van der Waals surface area contributed by atoms with Crippen molar-refractivity contribution in [2.75, 3.05) is 13.2 Å². The van der Waals surface area contributed by atoms with Gasteiger partial charge in [0.15, 0.2) is 5.78 Å². The molecule has 0 bridgehead atoms. The molecule has 2 aromatic carbocycles. The summed E-state index contributed by atoms with van der Waals surface area (Å²) in [4.78, 5) is 12.9. The Morgan fingerprint density at radius 3 is 2.33 bits per heavy atom. The van der Waals surface area contributed by atoms with E-state index in [0.29, 0.717) is 12.0 Å². The van der Waals surface area contributed by atoms with E-state index in [1.807, 2.05) is 62.4 Å². The van der Waals surface area contributed by atoms with Gasteiger partial charge in [0.05, 0.1) is 18.2 Å². The average Bonchev–Trinajstić information content (AvgIpc) is 2.70. The summed E-state index contributed by atoms with van der Waals surface area (Å²) in [5.74, 6) is 2.52. The van der Waals surface area contributed by atoms with Crippen LogP contribution in [0.2, 0.25) is 0 Å². The maximum Gasteiger partial charge on any atom is 0.191 e. The highest BCUT2D eigenvalue weighted by atomic mass is 16.5. The third-order valence-electron chi connectivity index (χ3n) is 4.24. The smallest absolute Gasteiger partial charge is 0.191 e. The first-order valence-electron chi connectivity index (χ1n) is 9.07. The second kappa shape index (κ2) is 10.0. The molecular formula is C23H27NO3. The molecule has 2 unspecified atom stereocenters. The zero-order valence-electron chi connectivity index (χ0n) is 15.9. The van der Waals surface area contributed by atoms with Crippen molar-refractivity contribution in [1.82, 2.24) is 5.32 Å². The number of benzene rings is 2. The number of carbonyl (C=O) groups is 1. The highest BCUT2D eigenvalue weighted by Crippen LogP contribution is 2.13. The van der Waals surface area contributed by atoms with Gasteiger partial charge in [0.1, 0.15) is 6.10 Å². The fourth-order valence-electron chi connectivity index (χ4n) is 2.55. The molecule has 2 atom stereocenters. The number of carbonyl (C=O) groups excluding carboxylic acids is 1. The van der Waals surface area contributed by atoms with Crippen LogP contribution >= 0.6 is 0 Å². The predicted octanol–water partition coefficient (Wildman–Crippen LogP) is 2.86. The van der Waals surface area contributed by atoms with Crippen molar-refractivity contribution in [3.8, 4) is 12.3 Å². The molecule has 0 radical (unpaired) electrons. The van der Waals surface area contributed by atoms with Crippen molar-refractivity contribution >= 4 is 5.78 Å². The van der Waals surface area contributed by atoms with Gasteiger partial charge in [-0.05, 0) is 19.4 Å². The molecule has 0 aliphatic carbocycles. The molecule has 142 valence electrons. The lowest BCUT2D eigenvalue weighted by Crippen LogP contribution is -2.44. The number of terminal acetylenes is 1. The van der Waals surface area contributed by atoms with E-state index in [0.717, 1.165) is 5.56 Å². The lowest BCUT2D eigenvalue weighted by molar-refractivity contribution is -0.00279. The first-order valence-corrected chi connectivity index (χ1v) is 9.07. The molecule has 0 spiro atoms. The summed E-state index contributed by atoms with van der Waals surface area (Å²) in [6, 6.07) is 18.8. The molecular weight excluding hydrogens is 338 g/mol. The third-order valence-corrected chi connectivity index (χ3v) is 4.24. The first-order chi connectivity index (χ1) is 12.9. The van der Waals surface area contributed by atoms with Crippen molar-refractivity contribution in [2.24, 2.45) is 0 Å². The second-order valence-corrected chi connectivity index (χ2v) is 7.05. The van der Waals surface area contributed by atoms with Gasteiger partial charge < -0.3 is 9.84 Å². The molecule has 0 aliphatic rings. The van der Waals surface area contributed by atoms with Crippen LogP contribution in [0.3, 0.4) is 0 Å². The zero-order chi connectivity index (χ0) is 19.7. The Morgan fingerprint density at radius 2 is 1.74 bits per heavy atom. The number of hydrogen-bond donors (Lipinski definition) is 2. The molecule has 4 heteroatoms. The van der Waals surface area contributed by atoms with Crippen LogP contribution in [0, 0.1) is 12.3 Å². The normalized spacial score (nSPS) is 13.6. The van der Waals surface area contributed by atoms with E-state index in [1.165, 1.54) is 0 Å². The molecule has 2 rings (SSSR count). The number of hydrogen-bond acceptors (Lipinski definition) is 4. The SMILES string of the molecule is C#CC(C)(C)NCC(O)COC(Cc1ccccc1)C(=O)c1ccccc1. The summed E-state index contributed by atoms with van der Waals surface area (Å²) < 4.78 is 5.83. The highest BCUT2D eigenvalue weighted by Gasteiger charge is 2.23. The van der Waals surface area contributed by atoms with Crippen LogP contribution in [-0.4, -0.2) is 41.8 Å². The molecule has 0 aromatic heterocycles. The molecule has 4 nitrogen and oxygen atoms in total. The van der Waals surface area contributed by atoms with Crippen molar-refractivity contribution in [3.63, 3.8) is 0 Å². The maximum atomic E-state index is 12.9. The minimum atomic E-state index is -0.764. The highest BCUT2D eigenvalue weighted by molar-refractivity contribution is 5.99. The number of β-amino-alcohol motifs (C(OH)–C–C–N with tert-alkyl or cyclic N) is 1. The summed E-state index contributed by atoms with van der Waals surface area (Å²) in [5.41, 5.74) is 1.09. The molecule has 2 aromatic rings. The van der Waals surface area contributed by atoms with Gasteiger partial charge in [-0.15, -0.1) is 6.42 Å². The second-order valence-electron chi connectivity index (χ2n) is 7.05. The van der Waals surface area contributed by atoms with Crippen molar-refractivity contribution < 1.29 is 14.6 Å². The van der Waals surface area contributed by atoms with Gasteiger partial charge >= 0.3 is 0 Å². The van der Waals surface area contributed by atoms with Crippen LogP contribution in [0.1, 0.15) is 29.8 Å². The van der Waals surface area contributed by atoms with Gasteiger partial charge in [-0.1, -0.05) is 66.6 Å². The van der Waals surface area contributed by atoms with Crippen LogP contribution in [0.4, 0.5) is 0 Å². The fraction of sp³-hybridized carbons (Fsp3) is 0.348. The Bertz CT molecular complexity index is 750. The Morgan fingerprint density at radius 1 is 1.15 bits per heavy atom. The van der Waals surface area contributed by atoms with Gasteiger partial charge in [0.2, 0.25) is 0 Å². The number of aliphatic hydroxyl groups excluding tert-OH is 1. The molecule has 0 aliphatic heterocycles. The molecule has 2 N–H and O–H groups in total. The number of aliphatic hydroxyl groups is 1. The number of rotatable bonds is 10. The third kappa shape index (κ3) is 6.99. The number of ether oxygens (including phenoxy) is 1. The minimum Gasteiger partial charge on any atom is -0.389 e. The van der Waals surface area contributed by atoms with Crippen LogP contribution in [0.5, 0.6) is 0 Å². The van der Waals surface area contributed by atoms with E-state index >= 15 is 0 Å². The number of Topliss-reactive ketones (excluding diaryl/α,β-unsaturated/α-hetero) is 1. The Labute approximate surface area is 161 Å². The number of ketones is 1. The summed E-state index contributed by atoms with van der Waals surface area (Å²) in [6.07, 6.45) is 4.46. The monoisotopic (exact) mass is 365 g/mol. The minimum absolute atomic E-state index is 0.0454. The van der Waals surface area contributed by atoms with Crippen molar-refractivity contribution in [1.29, 1.82) is 0 Å². The van der Waals surface area contributed by atoms with Crippen molar-refractivity contribution in [2.45, 2.75) is 38.0 Å². The van der Waals surface area contributed by atoms with E-state index in [-0.39, 0.29) is 18.9 Å². The van der Waals surface area contributed by atoms with E-state index < -0.39 is 17.7 Å². The van der Waals surface area contributed by atoms with E-state index in [1.54, 1.807) is 12.1 Å². The van der Waals surface area contributed by atoms with Crippen LogP contribution < -0.4 is 5.32 Å². The largest absolute Gasteiger partial charge is 0.389 e. The van der Waals surface area contributed by atoms with Gasteiger partial charge in [0, 0.05) is 18.5 Å². The lowest BCUT2D eigenvalue weighted by Gasteiger charge is -2.23. The molecule has 27 heavy (non-hydrogen) atoms. The van der Waals surface area contributed by atoms with Crippen molar-refractivity contribution in [3.05, 3.63) is 71.8 Å². The van der Waals surface area contributed by atoms with E-state index in [2.05, 4.69) is 11.2 Å². The predicted molar refractivity (Wildman–Crippen MR) is 108 cm³/mol. The van der Waals surface area contributed by atoms with Crippen LogP contribution in [0.15, 0.2) is 60.7 Å². The van der Waals surface area contributed by atoms with Gasteiger partial charge in [-0.2, -0.15) is 0 Å². The van der Waals surface area contributed by atoms with E-state index in [9.17, 15) is 9.90 Å². The molecule has 0 saturated carbocycles. The Kier molecular flexibility index (Phi) is 7.75. The number of nitrogens with one attached hydrogen (secondary N) is 1.